The highest BCUT2D eigenvalue weighted by atomic mass is 31.2. The van der Waals surface area contributed by atoms with E-state index in [1.165, 1.54) is 80.1 Å². The molecule has 1 saturated heterocycles. The molecule has 4 rings (SSSR count). The molecule has 0 saturated carbocycles. The number of fused-ring (bicyclic) bond motifs is 1. The van der Waals surface area contributed by atoms with Crippen LogP contribution in [0.25, 0.3) is 5.52 Å². The summed E-state index contributed by atoms with van der Waals surface area (Å²) in [5.74, 6) is -0.270. The monoisotopic (exact) mass is 805 g/mol. The molecule has 0 aliphatic carbocycles. The number of nitrogens with zero attached hydrogens (tertiary/aromatic N) is 4. The lowest BCUT2D eigenvalue weighted by molar-refractivity contribution is -0.0658. The number of ether oxygens (including phenoxy) is 3. The number of unbranched alkanes of at least 4 members (excludes halogenated alkanes) is 13. The van der Waals surface area contributed by atoms with Gasteiger partial charge in [-0.25, -0.2) is 18.5 Å². The van der Waals surface area contributed by atoms with Crippen molar-refractivity contribution < 1.29 is 47.3 Å². The number of aliphatic hydroxyl groups is 2. The van der Waals surface area contributed by atoms with Crippen LogP contribution < -0.4 is 5.73 Å². The van der Waals surface area contributed by atoms with E-state index in [1.54, 1.807) is 12.1 Å². The summed E-state index contributed by atoms with van der Waals surface area (Å²) in [6.45, 7) is 3.04. The third-order valence-electron chi connectivity index (χ3n) is 10.1. The Morgan fingerprint density at radius 2 is 1.64 bits per heavy atom. The molecule has 2 aromatic heterocycles. The molecular formula is C40H61FN5O9P. The standard InChI is InChI=1S/C40H61FN5O9P/c1-2-3-4-5-9-12-15-23-51-24-16-13-10-7-6-8-11-14-20-33(52-26-31-18-17-19-32(41)25-31)27-53-56(49,50)54-28-35-37(47)38(48)40(29-42,55-35)36-22-21-34-39(43)44-30-45-46(34)36/h17-19,21-22,25,30,33,35,37-38,47-48H,2-16,20,23-24,26-28H2,1H3,(H,49,50)(H2,43,44,45)/t33-,35-,37?,38+,40+/m1/s1. The molecule has 1 aromatic carbocycles. The number of nitrogen functional groups attached to an aromatic ring is 1. The molecule has 0 amide bonds. The number of nitriles is 1. The molecule has 1 fully saturated rings. The molecular weight excluding hydrogens is 744 g/mol. The first-order valence-electron chi connectivity index (χ1n) is 20.2. The average molecular weight is 806 g/mol. The minimum atomic E-state index is -4.73. The van der Waals surface area contributed by atoms with E-state index in [-0.39, 0.29) is 24.7 Å². The number of benzene rings is 1. The van der Waals surface area contributed by atoms with E-state index in [0.717, 1.165) is 64.6 Å². The Bertz CT molecular complexity index is 1680. The van der Waals surface area contributed by atoms with Crippen LogP contribution in [0, 0.1) is 17.1 Å². The van der Waals surface area contributed by atoms with Gasteiger partial charge >= 0.3 is 7.82 Å². The molecule has 6 atom stereocenters. The van der Waals surface area contributed by atoms with E-state index in [0.29, 0.717) is 17.5 Å². The highest BCUT2D eigenvalue weighted by molar-refractivity contribution is 7.47. The van der Waals surface area contributed by atoms with Crippen molar-refractivity contribution in [2.75, 3.05) is 32.2 Å². The average Bonchev–Trinajstić information content (AvgIpc) is 3.73. The predicted molar refractivity (Wildman–Crippen MR) is 209 cm³/mol. The Kier molecular flexibility index (Phi) is 19.6. The van der Waals surface area contributed by atoms with Crippen molar-refractivity contribution in [3.8, 4) is 6.07 Å². The fraction of sp³-hybridized carbons (Fsp3) is 0.675. The van der Waals surface area contributed by atoms with Crippen LogP contribution in [-0.4, -0.2) is 80.5 Å². The Hall–Kier alpha value is -3.03. The normalized spacial score (nSPS) is 21.3. The summed E-state index contributed by atoms with van der Waals surface area (Å²) in [4.78, 5) is 14.5. The zero-order valence-corrected chi connectivity index (χ0v) is 33.6. The molecule has 0 bridgehead atoms. The van der Waals surface area contributed by atoms with Gasteiger partial charge in [0.05, 0.1) is 31.6 Å². The molecule has 1 aliphatic rings. The third kappa shape index (κ3) is 14.1. The predicted octanol–water partition coefficient (Wildman–Crippen LogP) is 7.29. The lowest BCUT2D eigenvalue weighted by Gasteiger charge is -2.24. The number of aliphatic hydroxyl groups excluding tert-OH is 2. The zero-order chi connectivity index (χ0) is 40.2. The van der Waals surface area contributed by atoms with Crippen molar-refractivity contribution in [3.63, 3.8) is 0 Å². The summed E-state index contributed by atoms with van der Waals surface area (Å²) in [5, 5.41) is 36.0. The quantitative estimate of drug-likeness (QED) is 0.0403. The summed E-state index contributed by atoms with van der Waals surface area (Å²) >= 11 is 0. The molecule has 312 valence electrons. The molecule has 14 nitrogen and oxygen atoms in total. The first-order valence-corrected chi connectivity index (χ1v) is 21.7. The maximum Gasteiger partial charge on any atom is 0.472 e. The van der Waals surface area contributed by atoms with Gasteiger partial charge in [-0.1, -0.05) is 103 Å². The highest BCUT2D eigenvalue weighted by Gasteiger charge is 2.58. The second kappa shape index (κ2) is 24.0. The van der Waals surface area contributed by atoms with Gasteiger partial charge in [-0.15, -0.1) is 0 Å². The summed E-state index contributed by atoms with van der Waals surface area (Å²) in [6.07, 6.45) is 13.8. The van der Waals surface area contributed by atoms with Gasteiger partial charge in [-0.3, -0.25) is 9.05 Å². The fourth-order valence-electron chi connectivity index (χ4n) is 6.89. The van der Waals surface area contributed by atoms with E-state index in [2.05, 4.69) is 17.0 Å². The molecule has 16 heteroatoms. The second-order valence-corrected chi connectivity index (χ2v) is 16.0. The summed E-state index contributed by atoms with van der Waals surface area (Å²) in [6, 6.07) is 10.9. The van der Waals surface area contributed by atoms with Gasteiger partial charge < -0.3 is 35.1 Å². The van der Waals surface area contributed by atoms with E-state index >= 15 is 0 Å². The van der Waals surface area contributed by atoms with Gasteiger partial charge in [0.25, 0.3) is 0 Å². The van der Waals surface area contributed by atoms with Crippen LogP contribution in [0.1, 0.15) is 121 Å². The van der Waals surface area contributed by atoms with E-state index in [9.17, 15) is 29.3 Å². The van der Waals surface area contributed by atoms with Crippen LogP contribution in [0.5, 0.6) is 0 Å². The molecule has 5 N–H and O–H groups in total. The van der Waals surface area contributed by atoms with Gasteiger partial charge in [0, 0.05) is 13.2 Å². The van der Waals surface area contributed by atoms with E-state index in [4.69, 9.17) is 29.0 Å². The number of aromatic nitrogens is 3. The molecule has 0 spiro atoms. The molecule has 56 heavy (non-hydrogen) atoms. The third-order valence-corrected chi connectivity index (χ3v) is 11.1. The first-order chi connectivity index (χ1) is 27.1. The second-order valence-electron chi connectivity index (χ2n) is 14.6. The summed E-state index contributed by atoms with van der Waals surface area (Å²) in [5.41, 5.74) is 4.85. The van der Waals surface area contributed by atoms with Crippen molar-refractivity contribution in [2.45, 2.75) is 146 Å². The number of rotatable bonds is 29. The zero-order valence-electron chi connectivity index (χ0n) is 32.7. The number of anilines is 1. The van der Waals surface area contributed by atoms with Crippen molar-refractivity contribution in [3.05, 3.63) is 59.8 Å². The SMILES string of the molecule is CCCCCCCCCOCCCCCCCCCC[C@H](COP(=O)(O)OC[C@H]1O[C@@](C#N)(c2ccc3c(N)ncnn23)[C@@H](O)C1O)OCc1cccc(F)c1. The fourth-order valence-corrected chi connectivity index (χ4v) is 7.65. The minimum absolute atomic E-state index is 0.0758. The minimum Gasteiger partial charge on any atom is -0.387 e. The van der Waals surface area contributed by atoms with Crippen molar-refractivity contribution >= 4 is 19.2 Å². The number of phosphoric acid groups is 1. The highest BCUT2D eigenvalue weighted by Crippen LogP contribution is 2.46. The Morgan fingerprint density at radius 3 is 2.30 bits per heavy atom. The molecule has 2 unspecified atom stereocenters. The van der Waals surface area contributed by atoms with Crippen molar-refractivity contribution in [1.82, 2.24) is 14.6 Å². The van der Waals surface area contributed by atoms with Gasteiger partial charge in [0.2, 0.25) is 5.60 Å². The van der Waals surface area contributed by atoms with Gasteiger partial charge in [-0.2, -0.15) is 10.4 Å². The Labute approximate surface area is 330 Å². The first kappa shape index (κ1) is 45.7. The molecule has 0 radical (unpaired) electrons. The largest absolute Gasteiger partial charge is 0.472 e. The van der Waals surface area contributed by atoms with Crippen LogP contribution in [0.4, 0.5) is 10.2 Å². The van der Waals surface area contributed by atoms with Crippen LogP contribution >= 0.6 is 7.82 Å². The smallest absolute Gasteiger partial charge is 0.387 e. The van der Waals surface area contributed by atoms with Crippen LogP contribution in [-0.2, 0) is 40.0 Å². The lowest BCUT2D eigenvalue weighted by Crippen LogP contribution is -2.41. The van der Waals surface area contributed by atoms with Crippen LogP contribution in [0.3, 0.4) is 0 Å². The van der Waals surface area contributed by atoms with Crippen LogP contribution in [0.2, 0.25) is 0 Å². The maximum atomic E-state index is 13.8. The van der Waals surface area contributed by atoms with E-state index in [1.807, 2.05) is 6.07 Å². The lowest BCUT2D eigenvalue weighted by atomic mass is 9.92. The number of hydrogen-bond acceptors (Lipinski definition) is 12. The Morgan fingerprint density at radius 1 is 0.982 bits per heavy atom. The van der Waals surface area contributed by atoms with Gasteiger partial charge in [-0.05, 0) is 49.1 Å². The van der Waals surface area contributed by atoms with Crippen LogP contribution in [0.15, 0.2) is 42.7 Å². The maximum absolute atomic E-state index is 13.8. The van der Waals surface area contributed by atoms with Crippen molar-refractivity contribution in [2.24, 2.45) is 0 Å². The number of halogens is 1. The molecule has 1 aliphatic heterocycles. The van der Waals surface area contributed by atoms with Gasteiger partial charge in [0.1, 0.15) is 42.0 Å². The number of nitrogens with two attached hydrogens (primary N) is 1. The molecule has 3 aromatic rings. The summed E-state index contributed by atoms with van der Waals surface area (Å²) < 4.78 is 56.2. The van der Waals surface area contributed by atoms with E-state index < -0.39 is 50.3 Å². The summed E-state index contributed by atoms with van der Waals surface area (Å²) in [7, 11) is -4.73. The van der Waals surface area contributed by atoms with Gasteiger partial charge in [0.15, 0.2) is 5.82 Å². The van der Waals surface area contributed by atoms with Crippen molar-refractivity contribution in [1.29, 1.82) is 5.26 Å². The number of phosphoric ester groups is 1. The number of hydrogen-bond donors (Lipinski definition) is 4. The molecule has 3 heterocycles. The topological polar surface area (TPSA) is 204 Å². The Balaban J connectivity index is 1.17.